The Balaban J connectivity index is 2.35. The first-order valence-electron chi connectivity index (χ1n) is 8.34. The fourth-order valence-corrected chi connectivity index (χ4v) is 3.07. The second-order valence-corrected chi connectivity index (χ2v) is 6.89. The van der Waals surface area contributed by atoms with Crippen LogP contribution in [0.15, 0.2) is 35.5 Å². The molecule has 1 fully saturated rings. The molecule has 2 rings (SSSR count). The van der Waals surface area contributed by atoms with Gasteiger partial charge >= 0.3 is 5.97 Å². The average Bonchev–Trinajstić information content (AvgIpc) is 2.76. The predicted molar refractivity (Wildman–Crippen MR) is 90.5 cm³/mol. The zero-order chi connectivity index (χ0) is 18.7. The first-order valence-corrected chi connectivity index (χ1v) is 8.34. The lowest BCUT2D eigenvalue weighted by atomic mass is 9.88. The molecule has 25 heavy (non-hydrogen) atoms. The van der Waals surface area contributed by atoms with E-state index in [1.165, 1.54) is 6.08 Å². The van der Waals surface area contributed by atoms with Gasteiger partial charge < -0.3 is 14.9 Å². The zero-order valence-corrected chi connectivity index (χ0v) is 14.5. The Morgan fingerprint density at radius 2 is 1.88 bits per heavy atom. The molecule has 0 radical (unpaired) electrons. The van der Waals surface area contributed by atoms with Gasteiger partial charge in [-0.2, -0.15) is 0 Å². The Bertz CT molecular complexity index is 657. The summed E-state index contributed by atoms with van der Waals surface area (Å²) >= 11 is 0. The molecule has 0 aromatic rings. The third-order valence-corrected chi connectivity index (χ3v) is 4.62. The molecule has 4 atom stereocenters. The number of hydrogen-bond acceptors (Lipinski definition) is 6. The fraction of sp³-hybridized carbons (Fsp3) is 0.526. The van der Waals surface area contributed by atoms with Crippen LogP contribution >= 0.6 is 0 Å². The zero-order valence-electron chi connectivity index (χ0n) is 14.5. The van der Waals surface area contributed by atoms with Crippen LogP contribution in [0, 0.1) is 5.92 Å². The summed E-state index contributed by atoms with van der Waals surface area (Å²) in [5.74, 6) is -1.63. The summed E-state index contributed by atoms with van der Waals surface area (Å²) < 4.78 is 5.20. The number of rotatable bonds is 1. The summed E-state index contributed by atoms with van der Waals surface area (Å²) in [6.07, 6.45) is 0.0140. The molecule has 136 valence electrons. The molecule has 0 saturated carbocycles. The van der Waals surface area contributed by atoms with Crippen LogP contribution in [0.5, 0.6) is 0 Å². The van der Waals surface area contributed by atoms with Gasteiger partial charge in [-0.25, -0.2) is 4.79 Å². The monoisotopic (exact) mass is 348 g/mol. The van der Waals surface area contributed by atoms with Gasteiger partial charge in [-0.1, -0.05) is 23.8 Å². The van der Waals surface area contributed by atoms with E-state index in [1.807, 2.05) is 0 Å². The average molecular weight is 348 g/mol. The predicted octanol–water partition coefficient (Wildman–Crippen LogP) is 1.41. The Morgan fingerprint density at radius 3 is 2.52 bits per heavy atom. The van der Waals surface area contributed by atoms with E-state index in [0.29, 0.717) is 12.0 Å². The largest absolute Gasteiger partial charge is 0.455 e. The lowest BCUT2D eigenvalue weighted by Gasteiger charge is -2.17. The number of hydrogen-bond donors (Lipinski definition) is 2. The first kappa shape index (κ1) is 19.3. The summed E-state index contributed by atoms with van der Waals surface area (Å²) in [5.41, 5.74) is 1.50. The van der Waals surface area contributed by atoms with Gasteiger partial charge in [-0.05, 0) is 32.3 Å². The molecule has 2 bridgehead atoms. The molecule has 1 heterocycles. The Labute approximate surface area is 146 Å². The smallest absolute Gasteiger partial charge is 0.336 e. The second kappa shape index (κ2) is 7.89. The molecule has 1 saturated heterocycles. The molecule has 2 N–H and O–H groups in total. The Morgan fingerprint density at radius 1 is 1.20 bits per heavy atom. The van der Waals surface area contributed by atoms with E-state index < -0.39 is 30.1 Å². The molecule has 0 amide bonds. The molecule has 0 spiro atoms. The minimum Gasteiger partial charge on any atom is -0.455 e. The van der Waals surface area contributed by atoms with Crippen molar-refractivity contribution in [2.45, 2.75) is 57.8 Å². The van der Waals surface area contributed by atoms with Crippen LogP contribution in [0.25, 0.3) is 0 Å². The van der Waals surface area contributed by atoms with Gasteiger partial charge in [0.05, 0.1) is 5.57 Å². The number of aliphatic hydroxyl groups excluding tert-OH is 2. The third kappa shape index (κ3) is 4.74. The maximum absolute atomic E-state index is 12.2. The van der Waals surface area contributed by atoms with Crippen molar-refractivity contribution >= 4 is 17.5 Å². The summed E-state index contributed by atoms with van der Waals surface area (Å²) in [6.45, 7) is 7.29. The highest BCUT2D eigenvalue weighted by molar-refractivity contribution is 5.97. The molecule has 6 nitrogen and oxygen atoms in total. The van der Waals surface area contributed by atoms with E-state index in [1.54, 1.807) is 19.9 Å². The Kier molecular flexibility index (Phi) is 6.08. The van der Waals surface area contributed by atoms with Crippen molar-refractivity contribution in [3.05, 3.63) is 35.5 Å². The van der Waals surface area contributed by atoms with Crippen LogP contribution in [0.3, 0.4) is 0 Å². The molecule has 1 aliphatic carbocycles. The van der Waals surface area contributed by atoms with Crippen LogP contribution in [0.4, 0.5) is 0 Å². The van der Waals surface area contributed by atoms with E-state index in [0.717, 1.165) is 5.57 Å². The van der Waals surface area contributed by atoms with Crippen LogP contribution in [-0.2, 0) is 19.1 Å². The molecular formula is C19H24O6. The van der Waals surface area contributed by atoms with Gasteiger partial charge in [0.25, 0.3) is 0 Å². The number of ether oxygens (including phenoxy) is 1. The lowest BCUT2D eigenvalue weighted by molar-refractivity contribution is -0.139. The molecule has 6 heteroatoms. The number of carbonyl (C=O) groups is 3. The molecule has 0 aromatic carbocycles. The van der Waals surface area contributed by atoms with Gasteiger partial charge in [0.2, 0.25) is 0 Å². The number of Topliss-reactive ketones (excluding diaryl/α,β-unsaturated/α-hetero) is 1. The van der Waals surface area contributed by atoms with Crippen molar-refractivity contribution in [2.75, 3.05) is 0 Å². The second-order valence-electron chi connectivity index (χ2n) is 6.89. The van der Waals surface area contributed by atoms with Crippen molar-refractivity contribution in [3.8, 4) is 0 Å². The highest BCUT2D eigenvalue weighted by Gasteiger charge is 2.38. The van der Waals surface area contributed by atoms with Gasteiger partial charge in [0, 0.05) is 19.3 Å². The van der Waals surface area contributed by atoms with Gasteiger partial charge in [0.1, 0.15) is 24.1 Å². The van der Waals surface area contributed by atoms with Crippen LogP contribution < -0.4 is 0 Å². The third-order valence-electron chi connectivity index (χ3n) is 4.62. The lowest BCUT2D eigenvalue weighted by Crippen LogP contribution is -2.25. The number of aliphatic hydroxyl groups is 2. The van der Waals surface area contributed by atoms with E-state index in [4.69, 9.17) is 4.74 Å². The van der Waals surface area contributed by atoms with Gasteiger partial charge in [0.15, 0.2) is 5.78 Å². The molecular weight excluding hydrogens is 324 g/mol. The quantitative estimate of drug-likeness (QED) is 0.549. The summed E-state index contributed by atoms with van der Waals surface area (Å²) in [7, 11) is 0. The molecule has 0 unspecified atom stereocenters. The number of esters is 1. The summed E-state index contributed by atoms with van der Waals surface area (Å²) in [4.78, 5) is 36.2. The van der Waals surface area contributed by atoms with Crippen LogP contribution in [0.1, 0.15) is 39.5 Å². The maximum atomic E-state index is 12.2. The van der Waals surface area contributed by atoms with Crippen molar-refractivity contribution in [1.82, 2.24) is 0 Å². The summed E-state index contributed by atoms with van der Waals surface area (Å²) in [6, 6.07) is 0. The summed E-state index contributed by atoms with van der Waals surface area (Å²) in [5, 5.41) is 20.3. The van der Waals surface area contributed by atoms with Crippen LogP contribution in [-0.4, -0.2) is 46.1 Å². The van der Waals surface area contributed by atoms with E-state index >= 15 is 0 Å². The highest BCUT2D eigenvalue weighted by atomic mass is 16.6. The van der Waals surface area contributed by atoms with Crippen molar-refractivity contribution in [2.24, 2.45) is 5.92 Å². The molecule has 1 aliphatic heterocycles. The van der Waals surface area contributed by atoms with Crippen molar-refractivity contribution < 1.29 is 29.3 Å². The van der Waals surface area contributed by atoms with Crippen LogP contribution in [0.2, 0.25) is 0 Å². The van der Waals surface area contributed by atoms with Crippen molar-refractivity contribution in [3.63, 3.8) is 0 Å². The number of allylic oxidation sites excluding steroid dienone is 2. The van der Waals surface area contributed by atoms with Gasteiger partial charge in [-0.15, -0.1) is 0 Å². The van der Waals surface area contributed by atoms with E-state index in [2.05, 4.69) is 6.58 Å². The molecule has 2 aliphatic rings. The maximum Gasteiger partial charge on any atom is 0.336 e. The highest BCUT2D eigenvalue weighted by Crippen LogP contribution is 2.29. The number of fused-ring (bicyclic) bond motifs is 2. The normalized spacial score (nSPS) is 35.9. The Hall–Kier alpha value is -2.05. The van der Waals surface area contributed by atoms with E-state index in [9.17, 15) is 24.6 Å². The first-order chi connectivity index (χ1) is 11.7. The number of carbonyl (C=O) groups excluding carboxylic acids is 3. The fourth-order valence-electron chi connectivity index (χ4n) is 3.07. The topological polar surface area (TPSA) is 101 Å². The standard InChI is InChI=1S/C19H24O6/c1-10(2)12-4-5-14-18(23)17(25-19(14)24)7-11(3)6-15(21)16(22)9-13(20)8-12/h5-6,12,16-18,22-23H,1,4,7-9H2,2-3H3/b11-6-,14-5-/t12-,16-,17+,18-/m0/s1. The minimum atomic E-state index is -1.39. The SMILES string of the molecule is C=C(C)[C@H]1C/C=C2\C(=O)O[C@H](C/C(C)=C\C(=O)[C@@H](O)CC(=O)C1)[C@H]2O. The van der Waals surface area contributed by atoms with Gasteiger partial charge in [-0.3, -0.25) is 9.59 Å². The minimum absolute atomic E-state index is 0.112. The van der Waals surface area contributed by atoms with E-state index in [-0.39, 0.29) is 36.5 Å². The number of ketones is 2. The van der Waals surface area contributed by atoms with Crippen molar-refractivity contribution in [1.29, 1.82) is 0 Å². The molecule has 0 aromatic heterocycles.